The Labute approximate surface area is 208 Å². The summed E-state index contributed by atoms with van der Waals surface area (Å²) in [6, 6.07) is 26.2. The normalized spacial score (nSPS) is 11.0. The van der Waals surface area contributed by atoms with Gasteiger partial charge in [-0.05, 0) is 72.8 Å². The minimum atomic E-state index is -3.76. The van der Waals surface area contributed by atoms with Crippen LogP contribution in [0.5, 0.6) is 5.75 Å². The van der Waals surface area contributed by atoms with Gasteiger partial charge in [0, 0.05) is 28.1 Å². The molecule has 178 valence electrons. The molecule has 9 heteroatoms. The molecule has 0 radical (unpaired) electrons. The van der Waals surface area contributed by atoms with Crippen LogP contribution in [-0.2, 0) is 10.0 Å². The van der Waals surface area contributed by atoms with Crippen molar-refractivity contribution in [1.82, 2.24) is 4.98 Å². The van der Waals surface area contributed by atoms with Crippen molar-refractivity contribution in [3.8, 4) is 5.75 Å². The smallest absolute Gasteiger partial charge is 0.261 e. The summed E-state index contributed by atoms with van der Waals surface area (Å²) >= 11 is 1.72. The molecule has 0 spiro atoms. The zero-order valence-corrected chi connectivity index (χ0v) is 20.3. The lowest BCUT2D eigenvalue weighted by atomic mass is 10.2. The predicted molar refractivity (Wildman–Crippen MR) is 139 cm³/mol. The SMILES string of the molecule is O=C(Nc1ccc(S(=O)(=O)Nc2cccnc2)cc1)c1ccc(OCCSc2ccccc2)cc1. The van der Waals surface area contributed by atoms with E-state index in [0.717, 1.165) is 5.75 Å². The number of pyridine rings is 1. The molecule has 4 aromatic rings. The summed E-state index contributed by atoms with van der Waals surface area (Å²) in [7, 11) is -3.76. The summed E-state index contributed by atoms with van der Waals surface area (Å²) < 4.78 is 33.2. The number of nitrogens with zero attached hydrogens (tertiary/aromatic N) is 1. The number of thioether (sulfide) groups is 1. The highest BCUT2D eigenvalue weighted by atomic mass is 32.2. The molecule has 0 saturated heterocycles. The average Bonchev–Trinajstić information content (AvgIpc) is 2.88. The molecule has 0 unspecified atom stereocenters. The third kappa shape index (κ3) is 7.08. The maximum absolute atomic E-state index is 12.6. The molecule has 0 bridgehead atoms. The van der Waals surface area contributed by atoms with Gasteiger partial charge < -0.3 is 10.1 Å². The average molecular weight is 506 g/mol. The molecule has 0 saturated carbocycles. The zero-order chi connectivity index (χ0) is 24.5. The molecular weight excluding hydrogens is 482 g/mol. The Bertz CT molecular complexity index is 1350. The number of sulfonamides is 1. The first kappa shape index (κ1) is 24.3. The van der Waals surface area contributed by atoms with Crippen molar-refractivity contribution in [3.05, 3.63) is 109 Å². The largest absolute Gasteiger partial charge is 0.493 e. The van der Waals surface area contributed by atoms with Crippen LogP contribution < -0.4 is 14.8 Å². The summed E-state index contributed by atoms with van der Waals surface area (Å²) in [6.07, 6.45) is 2.98. The van der Waals surface area contributed by atoms with Gasteiger partial charge in [0.2, 0.25) is 0 Å². The number of hydrogen-bond donors (Lipinski definition) is 2. The second-order valence-corrected chi connectivity index (χ2v) is 10.2. The molecule has 35 heavy (non-hydrogen) atoms. The number of anilines is 2. The number of ether oxygens (including phenoxy) is 1. The lowest BCUT2D eigenvalue weighted by molar-refractivity contribution is 0.102. The second kappa shape index (κ2) is 11.5. The second-order valence-electron chi connectivity index (χ2n) is 7.36. The van der Waals surface area contributed by atoms with Crippen molar-refractivity contribution >= 4 is 39.1 Å². The van der Waals surface area contributed by atoms with Gasteiger partial charge in [-0.3, -0.25) is 14.5 Å². The van der Waals surface area contributed by atoms with Gasteiger partial charge in [0.1, 0.15) is 5.75 Å². The first-order chi connectivity index (χ1) is 17.0. The molecule has 7 nitrogen and oxygen atoms in total. The fourth-order valence-corrected chi connectivity index (χ4v) is 4.89. The Balaban J connectivity index is 1.28. The molecule has 0 aliphatic heterocycles. The topological polar surface area (TPSA) is 97.4 Å². The van der Waals surface area contributed by atoms with E-state index in [1.807, 2.05) is 18.2 Å². The number of benzene rings is 3. The van der Waals surface area contributed by atoms with Crippen molar-refractivity contribution in [2.24, 2.45) is 0 Å². The molecule has 1 amide bonds. The van der Waals surface area contributed by atoms with Crippen LogP contribution in [0, 0.1) is 0 Å². The van der Waals surface area contributed by atoms with Gasteiger partial charge in [0.05, 0.1) is 23.4 Å². The molecule has 1 heterocycles. The summed E-state index contributed by atoms with van der Waals surface area (Å²) in [5.74, 6) is 1.20. The van der Waals surface area contributed by atoms with Gasteiger partial charge in [-0.15, -0.1) is 11.8 Å². The van der Waals surface area contributed by atoms with Gasteiger partial charge in [-0.2, -0.15) is 0 Å². The quantitative estimate of drug-likeness (QED) is 0.224. The first-order valence-corrected chi connectivity index (χ1v) is 13.2. The molecule has 1 aromatic heterocycles. The van der Waals surface area contributed by atoms with Crippen LogP contribution in [0.2, 0.25) is 0 Å². The highest BCUT2D eigenvalue weighted by Gasteiger charge is 2.14. The van der Waals surface area contributed by atoms with Crippen LogP contribution in [0.25, 0.3) is 0 Å². The Hall–Kier alpha value is -3.82. The highest BCUT2D eigenvalue weighted by Crippen LogP contribution is 2.20. The number of carbonyl (C=O) groups is 1. The number of amides is 1. The lowest BCUT2D eigenvalue weighted by Crippen LogP contribution is -2.14. The first-order valence-electron chi connectivity index (χ1n) is 10.7. The predicted octanol–water partition coefficient (Wildman–Crippen LogP) is 5.31. The summed E-state index contributed by atoms with van der Waals surface area (Å²) in [5.41, 5.74) is 1.31. The fourth-order valence-electron chi connectivity index (χ4n) is 3.10. The van der Waals surface area contributed by atoms with Crippen LogP contribution in [0.4, 0.5) is 11.4 Å². The van der Waals surface area contributed by atoms with Gasteiger partial charge in [-0.25, -0.2) is 8.42 Å². The van der Waals surface area contributed by atoms with Gasteiger partial charge in [0.25, 0.3) is 15.9 Å². The van der Waals surface area contributed by atoms with Gasteiger partial charge in [-0.1, -0.05) is 18.2 Å². The third-order valence-electron chi connectivity index (χ3n) is 4.82. The summed E-state index contributed by atoms with van der Waals surface area (Å²) in [5, 5.41) is 2.77. The number of nitrogens with one attached hydrogen (secondary N) is 2. The number of aromatic nitrogens is 1. The molecule has 4 rings (SSSR count). The zero-order valence-electron chi connectivity index (χ0n) is 18.6. The molecule has 3 aromatic carbocycles. The van der Waals surface area contributed by atoms with Gasteiger partial charge >= 0.3 is 0 Å². The van der Waals surface area contributed by atoms with Crippen LogP contribution in [0.15, 0.2) is 113 Å². The summed E-state index contributed by atoms with van der Waals surface area (Å²) in [4.78, 5) is 17.7. The van der Waals surface area contributed by atoms with Crippen LogP contribution >= 0.6 is 11.8 Å². The molecule has 2 N–H and O–H groups in total. The van der Waals surface area contributed by atoms with Gasteiger partial charge in [0.15, 0.2) is 0 Å². The van der Waals surface area contributed by atoms with Crippen LogP contribution in [-0.4, -0.2) is 31.7 Å². The van der Waals surface area contributed by atoms with E-state index in [4.69, 9.17) is 4.74 Å². The molecule has 0 fully saturated rings. The monoisotopic (exact) mass is 505 g/mol. The lowest BCUT2D eigenvalue weighted by Gasteiger charge is -2.10. The van der Waals surface area contributed by atoms with E-state index in [2.05, 4.69) is 27.2 Å². The Morgan fingerprint density at radius 2 is 1.60 bits per heavy atom. The molecule has 0 atom stereocenters. The van der Waals surface area contributed by atoms with E-state index in [1.54, 1.807) is 54.4 Å². The molecular formula is C26H23N3O4S2. The van der Waals surface area contributed by atoms with Crippen molar-refractivity contribution in [2.45, 2.75) is 9.79 Å². The molecule has 0 aliphatic rings. The van der Waals surface area contributed by atoms with Crippen LogP contribution in [0.3, 0.4) is 0 Å². The number of carbonyl (C=O) groups excluding carboxylic acids is 1. The third-order valence-corrected chi connectivity index (χ3v) is 7.19. The van der Waals surface area contributed by atoms with Crippen molar-refractivity contribution in [1.29, 1.82) is 0 Å². The molecule has 0 aliphatic carbocycles. The van der Waals surface area contributed by atoms with E-state index in [-0.39, 0.29) is 10.8 Å². The Morgan fingerprint density at radius 3 is 2.29 bits per heavy atom. The van der Waals surface area contributed by atoms with E-state index in [9.17, 15) is 13.2 Å². The maximum atomic E-state index is 12.6. The number of rotatable bonds is 10. The van der Waals surface area contributed by atoms with E-state index < -0.39 is 10.0 Å². The minimum Gasteiger partial charge on any atom is -0.493 e. The van der Waals surface area contributed by atoms with E-state index in [1.165, 1.54) is 35.4 Å². The Morgan fingerprint density at radius 1 is 0.857 bits per heavy atom. The highest BCUT2D eigenvalue weighted by molar-refractivity contribution is 7.99. The fraction of sp³-hybridized carbons (Fsp3) is 0.0769. The van der Waals surface area contributed by atoms with E-state index >= 15 is 0 Å². The maximum Gasteiger partial charge on any atom is 0.261 e. The minimum absolute atomic E-state index is 0.0753. The number of hydrogen-bond acceptors (Lipinski definition) is 6. The standard InChI is InChI=1S/C26H23N3O4S2/c30-26(20-8-12-23(13-9-20)33-17-18-34-24-6-2-1-3-7-24)28-21-10-14-25(15-11-21)35(31,32)29-22-5-4-16-27-19-22/h1-16,19,29H,17-18H2,(H,28,30). The van der Waals surface area contributed by atoms with Crippen molar-refractivity contribution in [2.75, 3.05) is 22.4 Å². The summed E-state index contributed by atoms with van der Waals surface area (Å²) in [6.45, 7) is 0.552. The van der Waals surface area contributed by atoms with Crippen molar-refractivity contribution in [3.63, 3.8) is 0 Å². The van der Waals surface area contributed by atoms with Crippen molar-refractivity contribution < 1.29 is 17.9 Å². The van der Waals surface area contributed by atoms with E-state index in [0.29, 0.717) is 29.3 Å². The van der Waals surface area contributed by atoms with Crippen LogP contribution in [0.1, 0.15) is 10.4 Å². The Kier molecular flexibility index (Phi) is 8.02.